The average Bonchev–Trinajstić information content (AvgIpc) is 3.52. The second kappa shape index (κ2) is 12.7. The summed E-state index contributed by atoms with van der Waals surface area (Å²) >= 11 is 0. The molecule has 11 nitrogen and oxygen atoms in total. The molecule has 0 unspecified atom stereocenters. The first kappa shape index (κ1) is 31.5. The van der Waals surface area contributed by atoms with Crippen molar-refractivity contribution >= 4 is 29.3 Å². The summed E-state index contributed by atoms with van der Waals surface area (Å²) in [7, 11) is 1.61. The molecule has 0 radical (unpaired) electrons. The van der Waals surface area contributed by atoms with E-state index in [1.807, 2.05) is 39.0 Å². The Bertz CT molecular complexity index is 1430. The van der Waals surface area contributed by atoms with Crippen LogP contribution in [0.3, 0.4) is 0 Å². The lowest BCUT2D eigenvalue weighted by molar-refractivity contribution is -0.142. The van der Waals surface area contributed by atoms with E-state index >= 15 is 0 Å². The molecule has 2 saturated heterocycles. The molecule has 4 aliphatic rings. The van der Waals surface area contributed by atoms with Gasteiger partial charge < -0.3 is 34.0 Å². The van der Waals surface area contributed by atoms with E-state index in [0.29, 0.717) is 56.0 Å². The highest BCUT2D eigenvalue weighted by Crippen LogP contribution is 2.50. The summed E-state index contributed by atoms with van der Waals surface area (Å²) < 4.78 is 23.7. The molecule has 1 aromatic heterocycles. The first-order valence-corrected chi connectivity index (χ1v) is 16.5. The number of aldehydes is 1. The number of alkyl carbamates (subject to hydrolysis) is 1. The minimum atomic E-state index is -0.879. The minimum Gasteiger partial charge on any atom is -0.497 e. The van der Waals surface area contributed by atoms with Crippen LogP contribution in [0.25, 0.3) is 11.0 Å². The molecule has 6 atom stereocenters. The van der Waals surface area contributed by atoms with Crippen LogP contribution in [0.2, 0.25) is 0 Å². The average molecular weight is 623 g/mol. The lowest BCUT2D eigenvalue weighted by Crippen LogP contribution is -2.59. The van der Waals surface area contributed by atoms with Crippen LogP contribution in [0.5, 0.6) is 11.6 Å². The molecular formula is C34H46N4O7. The second-order valence-electron chi connectivity index (χ2n) is 13.7. The molecule has 3 aliphatic heterocycles. The maximum absolute atomic E-state index is 14.5. The topological polar surface area (TPSA) is 129 Å². The van der Waals surface area contributed by atoms with Gasteiger partial charge in [-0.3, -0.25) is 4.79 Å². The molecule has 2 amide bonds. The van der Waals surface area contributed by atoms with Gasteiger partial charge in [0, 0.05) is 36.5 Å². The number of benzene rings is 1. The number of hydrogen-bond acceptors (Lipinski definition) is 9. The van der Waals surface area contributed by atoms with Crippen LogP contribution >= 0.6 is 0 Å². The summed E-state index contributed by atoms with van der Waals surface area (Å²) in [5.74, 6) is 0.835. The maximum atomic E-state index is 14.5. The minimum absolute atomic E-state index is 0.192. The van der Waals surface area contributed by atoms with Gasteiger partial charge in [0.05, 0.1) is 30.7 Å². The fourth-order valence-corrected chi connectivity index (χ4v) is 7.53. The molecule has 0 spiro atoms. The van der Waals surface area contributed by atoms with Gasteiger partial charge in [-0.05, 0) is 64.0 Å². The molecule has 1 N–H and O–H groups in total. The quantitative estimate of drug-likeness (QED) is 0.486. The molecule has 2 bridgehead atoms. The predicted octanol–water partition coefficient (Wildman–Crippen LogP) is 4.63. The molecule has 6 rings (SSSR count). The number of carbonyl (C=O) groups excluding carboxylic acids is 3. The number of rotatable bonds is 4. The SMILES string of the molecule is CC[C@@H]1[C@@H]2CN(C(=O)[C@H](C3(C)CCOCC3)NC(=O)O[C@]3(C)C[C@H]3CCCCCc3nc4ccc(OC)cc4nc3O2)[C@@H]1C=O. The van der Waals surface area contributed by atoms with Crippen LogP contribution in [0, 0.1) is 17.3 Å². The first-order valence-electron chi connectivity index (χ1n) is 16.5. The van der Waals surface area contributed by atoms with E-state index in [1.165, 1.54) is 0 Å². The molecule has 1 aromatic carbocycles. The van der Waals surface area contributed by atoms with Crippen molar-refractivity contribution in [2.45, 2.75) is 102 Å². The molecule has 244 valence electrons. The lowest BCUT2D eigenvalue weighted by Gasteiger charge is -2.41. The number of amides is 2. The van der Waals surface area contributed by atoms with E-state index < -0.39 is 35.3 Å². The van der Waals surface area contributed by atoms with Crippen LogP contribution < -0.4 is 14.8 Å². The molecule has 2 aromatic rings. The molecule has 4 heterocycles. The van der Waals surface area contributed by atoms with E-state index in [2.05, 4.69) is 5.32 Å². The summed E-state index contributed by atoms with van der Waals surface area (Å²) in [4.78, 5) is 52.0. The van der Waals surface area contributed by atoms with Gasteiger partial charge in [0.15, 0.2) is 0 Å². The summed E-state index contributed by atoms with van der Waals surface area (Å²) in [5, 5.41) is 2.97. The van der Waals surface area contributed by atoms with Crippen LogP contribution in [-0.2, 0) is 25.5 Å². The lowest BCUT2D eigenvalue weighted by atomic mass is 9.75. The Morgan fingerprint density at radius 2 is 1.91 bits per heavy atom. The molecular weight excluding hydrogens is 576 g/mol. The van der Waals surface area contributed by atoms with Crippen molar-refractivity contribution in [1.29, 1.82) is 0 Å². The molecule has 1 aliphatic carbocycles. The Morgan fingerprint density at radius 1 is 1.11 bits per heavy atom. The third kappa shape index (κ3) is 6.33. The Kier molecular flexibility index (Phi) is 8.91. The van der Waals surface area contributed by atoms with Crippen molar-refractivity contribution in [2.75, 3.05) is 26.9 Å². The summed E-state index contributed by atoms with van der Waals surface area (Å²) in [6.45, 7) is 7.16. The first-order chi connectivity index (χ1) is 21.7. The number of ether oxygens (including phenoxy) is 4. The summed E-state index contributed by atoms with van der Waals surface area (Å²) in [6, 6.07) is 4.02. The third-order valence-corrected chi connectivity index (χ3v) is 10.7. The highest BCUT2D eigenvalue weighted by molar-refractivity contribution is 5.89. The van der Waals surface area contributed by atoms with Crippen LogP contribution in [-0.4, -0.2) is 83.8 Å². The van der Waals surface area contributed by atoms with Crippen molar-refractivity contribution in [3.05, 3.63) is 23.9 Å². The van der Waals surface area contributed by atoms with Gasteiger partial charge in [0.1, 0.15) is 35.5 Å². The van der Waals surface area contributed by atoms with Gasteiger partial charge in [-0.1, -0.05) is 26.7 Å². The zero-order valence-corrected chi connectivity index (χ0v) is 26.9. The van der Waals surface area contributed by atoms with Gasteiger partial charge in [0.25, 0.3) is 0 Å². The second-order valence-corrected chi connectivity index (χ2v) is 13.7. The van der Waals surface area contributed by atoms with Crippen molar-refractivity contribution in [1.82, 2.24) is 20.2 Å². The normalized spacial score (nSPS) is 32.2. The highest BCUT2D eigenvalue weighted by Gasteiger charge is 2.55. The number of aryl methyl sites for hydroxylation is 1. The number of nitrogens with zero attached hydrogens (tertiary/aromatic N) is 3. The number of methoxy groups -OCH3 is 1. The van der Waals surface area contributed by atoms with Gasteiger partial charge in [0.2, 0.25) is 11.8 Å². The Morgan fingerprint density at radius 3 is 2.64 bits per heavy atom. The maximum Gasteiger partial charge on any atom is 0.408 e. The smallest absolute Gasteiger partial charge is 0.408 e. The van der Waals surface area contributed by atoms with E-state index in [-0.39, 0.29) is 24.3 Å². The van der Waals surface area contributed by atoms with Crippen molar-refractivity contribution < 1.29 is 33.3 Å². The highest BCUT2D eigenvalue weighted by atomic mass is 16.6. The fraction of sp³-hybridized carbons (Fsp3) is 0.676. The Balaban J connectivity index is 1.37. The van der Waals surface area contributed by atoms with E-state index in [1.54, 1.807) is 12.0 Å². The number of nitrogens with one attached hydrogen (secondary N) is 1. The fourth-order valence-electron chi connectivity index (χ4n) is 7.53. The van der Waals surface area contributed by atoms with Crippen LogP contribution in [0.15, 0.2) is 18.2 Å². The summed E-state index contributed by atoms with van der Waals surface area (Å²) in [6.07, 6.45) is 6.96. The van der Waals surface area contributed by atoms with E-state index in [9.17, 15) is 14.4 Å². The number of carbonyl (C=O) groups is 3. The largest absolute Gasteiger partial charge is 0.497 e. The molecule has 1 saturated carbocycles. The van der Waals surface area contributed by atoms with Gasteiger partial charge in [-0.2, -0.15) is 0 Å². The predicted molar refractivity (Wildman–Crippen MR) is 166 cm³/mol. The van der Waals surface area contributed by atoms with E-state index in [0.717, 1.165) is 49.6 Å². The summed E-state index contributed by atoms with van der Waals surface area (Å²) in [5.41, 5.74) is 1.09. The Labute approximate surface area is 264 Å². The van der Waals surface area contributed by atoms with Gasteiger partial charge in [-0.25, -0.2) is 14.8 Å². The van der Waals surface area contributed by atoms with Crippen LogP contribution in [0.1, 0.15) is 77.8 Å². The third-order valence-electron chi connectivity index (χ3n) is 10.7. The monoisotopic (exact) mass is 622 g/mol. The van der Waals surface area contributed by atoms with Crippen molar-refractivity contribution in [3.8, 4) is 11.6 Å². The number of fused-ring (bicyclic) bond motifs is 5. The number of aromatic nitrogens is 2. The number of hydrogen-bond donors (Lipinski definition) is 1. The zero-order chi connectivity index (χ0) is 31.8. The molecule has 3 fully saturated rings. The zero-order valence-electron chi connectivity index (χ0n) is 26.9. The van der Waals surface area contributed by atoms with Crippen LogP contribution in [0.4, 0.5) is 4.79 Å². The van der Waals surface area contributed by atoms with E-state index in [4.69, 9.17) is 28.9 Å². The van der Waals surface area contributed by atoms with Gasteiger partial charge >= 0.3 is 6.09 Å². The molecule has 45 heavy (non-hydrogen) atoms. The van der Waals surface area contributed by atoms with Crippen molar-refractivity contribution in [2.24, 2.45) is 17.3 Å². The standard InChI is InChI=1S/C34H46N4O7/c1-5-23-27(20-39)38-19-28(23)44-30-25(35-24-12-11-22(42-4)17-26(24)36-30)10-8-6-7-9-21-18-34(21,3)45-32(41)37-29(31(38)40)33(2)13-15-43-16-14-33/h11-12,17,20-21,23,27-29H,5-10,13-16,18-19H2,1-4H3,(H,37,41)/t21-,23+,27-,28+,29-,34-/m1/s1. The molecule has 11 heteroatoms. The Hall–Kier alpha value is -3.47. The van der Waals surface area contributed by atoms with Crippen molar-refractivity contribution in [3.63, 3.8) is 0 Å². The van der Waals surface area contributed by atoms with Gasteiger partial charge in [-0.15, -0.1) is 0 Å².